The van der Waals surface area contributed by atoms with Crippen LogP contribution in [0.2, 0.25) is 0 Å². The summed E-state index contributed by atoms with van der Waals surface area (Å²) in [5, 5.41) is 10.8. The van der Waals surface area contributed by atoms with Crippen LogP contribution in [0.5, 0.6) is 5.75 Å². The molecule has 1 aromatic carbocycles. The summed E-state index contributed by atoms with van der Waals surface area (Å²) in [6.45, 7) is 15.4. The lowest BCUT2D eigenvalue weighted by atomic mass is 9.78. The first-order valence-electron chi connectivity index (χ1n) is 9.03. The first-order chi connectivity index (χ1) is 11.4. The first-order valence-corrected chi connectivity index (χ1v) is 9.03. The summed E-state index contributed by atoms with van der Waals surface area (Å²) < 4.78 is 2.04. The number of rotatable bonds is 4. The monoisotopic (exact) mass is 341 g/mol. The molecule has 0 atom stereocenters. The highest BCUT2D eigenvalue weighted by atomic mass is 16.3. The third-order valence-electron chi connectivity index (χ3n) is 4.48. The summed E-state index contributed by atoms with van der Waals surface area (Å²) in [7, 11) is 0. The van der Waals surface area contributed by atoms with Crippen molar-refractivity contribution in [2.45, 2.75) is 72.3 Å². The van der Waals surface area contributed by atoms with Crippen LogP contribution in [-0.4, -0.2) is 15.5 Å². The third-order valence-corrected chi connectivity index (χ3v) is 4.48. The molecule has 136 valence electrons. The number of phenols is 1. The summed E-state index contributed by atoms with van der Waals surface area (Å²) in [4.78, 5) is 13.0. The van der Waals surface area contributed by atoms with Crippen molar-refractivity contribution in [3.63, 3.8) is 0 Å². The number of benzene rings is 1. The van der Waals surface area contributed by atoms with Crippen molar-refractivity contribution in [2.24, 2.45) is 0 Å². The van der Waals surface area contributed by atoms with Crippen LogP contribution in [0.25, 0.3) is 0 Å². The van der Waals surface area contributed by atoms with Gasteiger partial charge in [0.1, 0.15) is 5.75 Å². The minimum atomic E-state index is -0.242. The van der Waals surface area contributed by atoms with Crippen LogP contribution in [0.15, 0.2) is 30.6 Å². The Bertz CT molecular complexity index is 735. The quantitative estimate of drug-likeness (QED) is 0.753. The zero-order valence-corrected chi connectivity index (χ0v) is 16.6. The van der Waals surface area contributed by atoms with E-state index in [9.17, 15) is 9.90 Å². The molecular weight excluding hydrogens is 310 g/mol. The molecule has 1 N–H and O–H groups in total. The van der Waals surface area contributed by atoms with Crippen molar-refractivity contribution >= 4 is 5.78 Å². The molecule has 25 heavy (non-hydrogen) atoms. The summed E-state index contributed by atoms with van der Waals surface area (Å²) in [5.41, 5.74) is 2.48. The Labute approximate surface area is 151 Å². The number of nitrogens with zero attached hydrogens (tertiary/aromatic N) is 1. The summed E-state index contributed by atoms with van der Waals surface area (Å²) >= 11 is 0. The Morgan fingerprint density at radius 2 is 1.52 bits per heavy atom. The second-order valence-corrected chi connectivity index (χ2v) is 8.89. The molecule has 0 radical (unpaired) electrons. The Morgan fingerprint density at radius 1 is 1.00 bits per heavy atom. The molecule has 0 aliphatic rings. The van der Waals surface area contributed by atoms with Gasteiger partial charge in [0.05, 0.1) is 0 Å². The van der Waals surface area contributed by atoms with Crippen LogP contribution < -0.4 is 0 Å². The van der Waals surface area contributed by atoms with E-state index in [1.165, 1.54) is 0 Å². The fraction of sp³-hybridized carbons (Fsp3) is 0.500. The molecule has 0 unspecified atom stereocenters. The number of hydrogen-bond donors (Lipinski definition) is 1. The molecule has 0 saturated heterocycles. The third kappa shape index (κ3) is 4.15. The van der Waals surface area contributed by atoms with E-state index in [1.807, 2.05) is 35.2 Å². The fourth-order valence-electron chi connectivity index (χ4n) is 3.05. The number of carbonyl (C=O) groups is 1. The molecule has 0 aliphatic heterocycles. The van der Waals surface area contributed by atoms with Crippen LogP contribution in [0.4, 0.5) is 0 Å². The summed E-state index contributed by atoms with van der Waals surface area (Å²) in [5.74, 6) is 0.311. The van der Waals surface area contributed by atoms with E-state index in [4.69, 9.17) is 0 Å². The molecule has 3 heteroatoms. The van der Waals surface area contributed by atoms with E-state index in [0.29, 0.717) is 16.9 Å². The standard InChI is InChI=1S/C22H31NO2/c1-8-10-23-11-9-15(14-23)19(24)16-12-17(21(2,3)4)20(25)18(13-16)22(5,6)7/h9,11-14,25H,8,10H2,1-7H3. The predicted molar refractivity (Wildman–Crippen MR) is 104 cm³/mol. The average Bonchev–Trinajstić information content (AvgIpc) is 2.93. The van der Waals surface area contributed by atoms with Crippen LogP contribution in [0.3, 0.4) is 0 Å². The highest BCUT2D eigenvalue weighted by Crippen LogP contribution is 2.40. The van der Waals surface area contributed by atoms with E-state index < -0.39 is 0 Å². The molecule has 0 amide bonds. The van der Waals surface area contributed by atoms with Crippen LogP contribution in [0.1, 0.15) is 81.9 Å². The maximum absolute atomic E-state index is 13.0. The molecule has 3 nitrogen and oxygen atoms in total. The van der Waals surface area contributed by atoms with Crippen LogP contribution in [0, 0.1) is 0 Å². The number of aromatic nitrogens is 1. The van der Waals surface area contributed by atoms with Gasteiger partial charge >= 0.3 is 0 Å². The molecule has 1 aromatic heterocycles. The molecule has 0 fully saturated rings. The topological polar surface area (TPSA) is 42.2 Å². The number of hydrogen-bond acceptors (Lipinski definition) is 2. The van der Waals surface area contributed by atoms with Gasteiger partial charge in [0.2, 0.25) is 0 Å². The average molecular weight is 341 g/mol. The number of carbonyl (C=O) groups excluding carboxylic acids is 1. The minimum Gasteiger partial charge on any atom is -0.507 e. The van der Waals surface area contributed by atoms with E-state index in [2.05, 4.69) is 48.5 Å². The van der Waals surface area contributed by atoms with Crippen LogP contribution in [-0.2, 0) is 17.4 Å². The van der Waals surface area contributed by atoms with E-state index in [0.717, 1.165) is 24.1 Å². The van der Waals surface area contributed by atoms with Gasteiger partial charge in [-0.2, -0.15) is 0 Å². The van der Waals surface area contributed by atoms with Gasteiger partial charge in [0, 0.05) is 41.2 Å². The highest BCUT2D eigenvalue weighted by molar-refractivity contribution is 6.09. The van der Waals surface area contributed by atoms with Crippen molar-refractivity contribution in [2.75, 3.05) is 0 Å². The summed E-state index contributed by atoms with van der Waals surface area (Å²) in [6, 6.07) is 5.58. The number of aryl methyl sites for hydroxylation is 1. The van der Waals surface area contributed by atoms with E-state index >= 15 is 0 Å². The van der Waals surface area contributed by atoms with Crippen molar-refractivity contribution < 1.29 is 9.90 Å². The van der Waals surface area contributed by atoms with Crippen LogP contribution >= 0.6 is 0 Å². The molecular formula is C22H31NO2. The second kappa shape index (κ2) is 6.70. The minimum absolute atomic E-state index is 0.00542. The van der Waals surface area contributed by atoms with Crippen molar-refractivity contribution in [1.82, 2.24) is 4.57 Å². The van der Waals surface area contributed by atoms with Gasteiger partial charge in [-0.15, -0.1) is 0 Å². The normalized spacial score (nSPS) is 12.4. The molecule has 0 aliphatic carbocycles. The van der Waals surface area contributed by atoms with Crippen molar-refractivity contribution in [3.05, 3.63) is 52.8 Å². The van der Waals surface area contributed by atoms with Gasteiger partial charge in [0.25, 0.3) is 0 Å². The maximum Gasteiger partial charge on any atom is 0.194 e. The van der Waals surface area contributed by atoms with E-state index in [-0.39, 0.29) is 16.6 Å². The Balaban J connectivity index is 2.58. The lowest BCUT2D eigenvalue weighted by Gasteiger charge is -2.28. The Hall–Kier alpha value is -2.03. The second-order valence-electron chi connectivity index (χ2n) is 8.89. The SMILES string of the molecule is CCCn1ccc(C(=O)c2cc(C(C)(C)C)c(O)c(C(C)(C)C)c2)c1. The van der Waals surface area contributed by atoms with Crippen molar-refractivity contribution in [1.29, 1.82) is 0 Å². The molecule has 0 saturated carbocycles. The maximum atomic E-state index is 13.0. The predicted octanol–water partition coefficient (Wildman–Crippen LogP) is 5.43. The number of aromatic hydroxyl groups is 1. The van der Waals surface area contributed by atoms with Gasteiger partial charge in [-0.05, 0) is 35.4 Å². The first kappa shape index (κ1) is 19.3. The smallest absolute Gasteiger partial charge is 0.194 e. The zero-order valence-electron chi connectivity index (χ0n) is 16.6. The molecule has 2 rings (SSSR count). The molecule has 1 heterocycles. The zero-order chi connectivity index (χ0) is 19.0. The van der Waals surface area contributed by atoms with Gasteiger partial charge in [-0.1, -0.05) is 48.5 Å². The fourth-order valence-corrected chi connectivity index (χ4v) is 3.05. The lowest BCUT2D eigenvalue weighted by Crippen LogP contribution is -2.19. The van der Waals surface area contributed by atoms with Gasteiger partial charge in [-0.3, -0.25) is 4.79 Å². The molecule has 0 spiro atoms. The lowest BCUT2D eigenvalue weighted by molar-refractivity contribution is 0.103. The molecule has 0 bridgehead atoms. The Kier molecular flexibility index (Phi) is 5.17. The molecule has 2 aromatic rings. The van der Waals surface area contributed by atoms with Gasteiger partial charge in [-0.25, -0.2) is 0 Å². The van der Waals surface area contributed by atoms with Gasteiger partial charge in [0.15, 0.2) is 5.78 Å². The van der Waals surface area contributed by atoms with E-state index in [1.54, 1.807) is 0 Å². The Morgan fingerprint density at radius 3 is 1.96 bits per heavy atom. The number of ketones is 1. The van der Waals surface area contributed by atoms with Gasteiger partial charge < -0.3 is 9.67 Å². The highest BCUT2D eigenvalue weighted by Gasteiger charge is 2.28. The largest absolute Gasteiger partial charge is 0.507 e. The summed E-state index contributed by atoms with van der Waals surface area (Å²) in [6.07, 6.45) is 4.89. The number of phenolic OH excluding ortho intramolecular Hbond substituents is 1. The van der Waals surface area contributed by atoms with Crippen molar-refractivity contribution in [3.8, 4) is 5.75 Å².